The third-order valence-electron chi connectivity index (χ3n) is 13.2. The zero-order chi connectivity index (χ0) is 94.2. The highest BCUT2D eigenvalue weighted by molar-refractivity contribution is 6.28. The van der Waals surface area contributed by atoms with Crippen LogP contribution in [-0.4, -0.2) is 156 Å². The number of carbonyl (C=O) groups is 12. The van der Waals surface area contributed by atoms with Crippen molar-refractivity contribution < 1.29 is 57.5 Å². The first kappa shape index (κ1) is 130. The number of hydrogen-bond donors (Lipinski definition) is 3. The Morgan fingerprint density at radius 2 is 0.763 bits per heavy atom. The highest BCUT2D eigenvalue weighted by atomic mass is 35.5. The van der Waals surface area contributed by atoms with Gasteiger partial charge < -0.3 is 30.7 Å². The molecule has 0 aliphatic carbocycles. The second-order valence-corrected chi connectivity index (χ2v) is 40.8. The maximum absolute atomic E-state index is 11.5. The number of nitrogens with zero attached hydrogens (tertiary/aromatic N) is 3. The fourth-order valence-corrected chi connectivity index (χ4v) is 7.07. The second kappa shape index (κ2) is 62.9. The summed E-state index contributed by atoms with van der Waals surface area (Å²) in [5.41, 5.74) is 2.04. The van der Waals surface area contributed by atoms with Crippen LogP contribution in [0.5, 0.6) is 0 Å². The van der Waals surface area contributed by atoms with Crippen LogP contribution < -0.4 is 16.0 Å². The van der Waals surface area contributed by atoms with E-state index in [1.807, 2.05) is 198 Å². The molecule has 662 valence electrons. The van der Waals surface area contributed by atoms with Crippen molar-refractivity contribution in [2.45, 2.75) is 306 Å². The molecule has 0 heterocycles. The number of amides is 5. The standard InChI is InChI=1S/C11H20O.C10H20N2O.C10H17NO2.C10H18O.C9H17NO.C9H16O.C8H15NO.C8H14O.C7H13NO.C7H12O.C6H11ClO/c1-9(2)8-10(12)6-7-11(3,4)5;1-10(2,3)11-9(13)7-6-8-12(4)5;1-6-9(13)11(5)7-8(12)10(2,3)4;1-5-9(11)7-6-8-10(2,3)4;1-6-8(11)10(5)7-9(2,3)4;1-7(2)6-8(10)9(3,4)5;1-5-7(10)9-6-8(2,3)4;1-6(2)7(9)8(3,4)5;1-5-6(9)8-7(2,3)4;1-5-6(8)7(2,3)4;1-6(2,3)5(8)4-7/h8H,6-7H2,1-5H3;6-7H,8H2,1-5H3,(H,11,13);6H,1,7H2,2-5H3;5H,1,6-8H2,2-4H3;6H,1,7H2,2-5H3;6H,1-5H3;5H,1,6H2,2-4H3,(H,9,10);1H2,2-5H3;5H,1H2,2-4H3,(H,8,9);5H,1H2,2-4H3;4H2,1-3H3/b;7-6+;;;;;;;;;. The van der Waals surface area contributed by atoms with Crippen molar-refractivity contribution in [3.8, 4) is 0 Å². The number of likely N-dealkylation sites (N-methyl/N-ethyl adjacent to an activating group) is 3. The molecule has 18 nitrogen and oxygen atoms in total. The Balaban J connectivity index is -0.000000114. The lowest BCUT2D eigenvalue weighted by molar-refractivity contribution is -0.133. The quantitative estimate of drug-likeness (QED) is 0.0674. The van der Waals surface area contributed by atoms with Crippen LogP contribution >= 0.6 is 11.6 Å². The van der Waals surface area contributed by atoms with Gasteiger partial charge in [-0.1, -0.05) is 250 Å². The van der Waals surface area contributed by atoms with Gasteiger partial charge in [0.1, 0.15) is 0 Å². The molecule has 0 aliphatic rings. The van der Waals surface area contributed by atoms with E-state index in [4.69, 9.17) is 11.6 Å². The highest BCUT2D eigenvalue weighted by Gasteiger charge is 2.25. The summed E-state index contributed by atoms with van der Waals surface area (Å²) in [6.45, 7) is 101. The van der Waals surface area contributed by atoms with Gasteiger partial charge in [0.25, 0.3) is 0 Å². The molecule has 0 bridgehead atoms. The Bertz CT molecular complexity index is 3050. The van der Waals surface area contributed by atoms with Crippen molar-refractivity contribution in [1.82, 2.24) is 30.7 Å². The molecule has 0 unspecified atom stereocenters. The molecular formula is C95H173ClN6O12. The van der Waals surface area contributed by atoms with Gasteiger partial charge in [0.05, 0.1) is 12.4 Å². The molecule has 0 fully saturated rings. The van der Waals surface area contributed by atoms with E-state index in [0.717, 1.165) is 43.5 Å². The summed E-state index contributed by atoms with van der Waals surface area (Å²) in [7, 11) is 7.31. The summed E-state index contributed by atoms with van der Waals surface area (Å²) < 4.78 is 0. The van der Waals surface area contributed by atoms with Crippen LogP contribution in [-0.2, 0) is 57.5 Å². The Morgan fingerprint density at radius 1 is 0.386 bits per heavy atom. The van der Waals surface area contributed by atoms with E-state index in [1.165, 1.54) is 41.4 Å². The lowest BCUT2D eigenvalue weighted by Gasteiger charge is -2.25. The van der Waals surface area contributed by atoms with Gasteiger partial charge in [0.2, 0.25) is 29.5 Å². The number of nitrogens with one attached hydrogen (secondary N) is 3. The largest absolute Gasteiger partial charge is 0.352 e. The Labute approximate surface area is 704 Å². The fraction of sp³-hybridized carbons (Fsp3) is 0.663. The maximum atomic E-state index is 11.5. The van der Waals surface area contributed by atoms with Crippen molar-refractivity contribution in [1.29, 1.82) is 0 Å². The zero-order valence-electron chi connectivity index (χ0n) is 80.9. The zero-order valence-corrected chi connectivity index (χ0v) is 81.7. The van der Waals surface area contributed by atoms with Gasteiger partial charge in [-0.05, 0) is 185 Å². The van der Waals surface area contributed by atoms with Crippen LogP contribution in [0.15, 0.2) is 124 Å². The van der Waals surface area contributed by atoms with Gasteiger partial charge in [-0.3, -0.25) is 57.5 Å². The minimum atomic E-state index is -0.393. The molecule has 0 spiro atoms. The fourth-order valence-electron chi connectivity index (χ4n) is 6.67. The van der Waals surface area contributed by atoms with Gasteiger partial charge in [-0.25, -0.2) is 0 Å². The smallest absolute Gasteiger partial charge is 0.246 e. The van der Waals surface area contributed by atoms with E-state index in [2.05, 4.69) is 145 Å². The average Bonchev–Trinajstić information content (AvgIpc) is 0.900. The number of Topliss-reactive ketones (excluding diaryl/α,β-unsaturated/α-hetero) is 3. The molecule has 3 N–H and O–H groups in total. The molecule has 0 atom stereocenters. The molecule has 5 amide bonds. The van der Waals surface area contributed by atoms with E-state index in [0.29, 0.717) is 30.4 Å². The van der Waals surface area contributed by atoms with Crippen LogP contribution in [0.3, 0.4) is 0 Å². The number of halogens is 1. The SMILES string of the molecule is C=C(C)C(=O)C(C)(C)C.C=CC(=O)C(C)(C)C.C=CC(=O)CCCC(C)(C)C.C=CC(=O)N(C)CC(=O)C(C)(C)C.C=CC(=O)N(C)CC(C)(C)C.C=CC(=O)NC(C)(C)C.C=CC(=O)NCC(C)(C)C.CC(C)(C)C(=O)CCl.CC(C)=CC(=O)C(C)(C)C.CC(C)=CC(=O)CCC(C)(C)C.CN(C)C/C=C/C(=O)NC(C)(C)C. The van der Waals surface area contributed by atoms with E-state index in [9.17, 15) is 57.5 Å². The molecule has 0 aliphatic heterocycles. The third kappa shape index (κ3) is 111. The molecule has 0 saturated carbocycles. The van der Waals surface area contributed by atoms with Crippen LogP contribution in [0.1, 0.15) is 295 Å². The van der Waals surface area contributed by atoms with E-state index >= 15 is 0 Å². The minimum absolute atomic E-state index is 0.0140. The predicted octanol–water partition coefficient (Wildman–Crippen LogP) is 21.0. The molecule has 19 heteroatoms. The summed E-state index contributed by atoms with van der Waals surface area (Å²) in [5.74, 6) is 0.629. The monoisotopic (exact) mass is 1630 g/mol. The van der Waals surface area contributed by atoms with E-state index in [1.54, 1.807) is 44.1 Å². The first-order valence-corrected chi connectivity index (χ1v) is 39.6. The number of allylic oxidation sites excluding steroid dienone is 7. The molecule has 0 saturated heterocycles. The number of rotatable bonds is 22. The third-order valence-corrected chi connectivity index (χ3v) is 13.4. The Hall–Kier alpha value is -7.31. The second-order valence-electron chi connectivity index (χ2n) is 40.5. The first-order valence-electron chi connectivity index (χ1n) is 39.1. The molecule has 114 heavy (non-hydrogen) atoms. The van der Waals surface area contributed by atoms with Crippen LogP contribution in [0.4, 0.5) is 0 Å². The molecule has 0 aromatic rings. The van der Waals surface area contributed by atoms with Crippen molar-refractivity contribution >= 4 is 81.6 Å². The highest BCUT2D eigenvalue weighted by Crippen LogP contribution is 2.24. The minimum Gasteiger partial charge on any atom is -0.352 e. The van der Waals surface area contributed by atoms with Gasteiger partial charge >= 0.3 is 0 Å². The summed E-state index contributed by atoms with van der Waals surface area (Å²) in [6, 6.07) is 0. The van der Waals surface area contributed by atoms with Crippen molar-refractivity contribution in [3.05, 3.63) is 124 Å². The van der Waals surface area contributed by atoms with Crippen molar-refractivity contribution in [3.63, 3.8) is 0 Å². The molecule has 0 rings (SSSR count). The topological polar surface area (TPSA) is 251 Å². The number of hydrogen-bond acceptors (Lipinski definition) is 13. The Morgan fingerprint density at radius 3 is 0.982 bits per heavy atom. The van der Waals surface area contributed by atoms with E-state index < -0.39 is 5.41 Å². The summed E-state index contributed by atoms with van der Waals surface area (Å²) in [4.78, 5) is 137. The first-order chi connectivity index (χ1) is 50.3. The van der Waals surface area contributed by atoms with Gasteiger partial charge in [-0.2, -0.15) is 0 Å². The lowest BCUT2D eigenvalue weighted by Crippen LogP contribution is -2.39. The summed E-state index contributed by atoms with van der Waals surface area (Å²) in [6.07, 6.45) is 19.1. The molecule has 0 aromatic carbocycles. The molecular weight excluding hydrogens is 1450 g/mol. The van der Waals surface area contributed by atoms with Gasteiger partial charge in [0.15, 0.2) is 40.5 Å². The molecule has 0 radical (unpaired) electrons. The van der Waals surface area contributed by atoms with Crippen LogP contribution in [0.2, 0.25) is 0 Å². The molecule has 0 aromatic heterocycles. The Kier molecular flexibility index (Phi) is 71.8. The van der Waals surface area contributed by atoms with Crippen LogP contribution in [0, 0.1) is 48.7 Å². The average molecular weight is 1630 g/mol. The lowest BCUT2D eigenvalue weighted by atomic mass is 9.87. The van der Waals surface area contributed by atoms with Crippen molar-refractivity contribution in [2.24, 2.45) is 48.7 Å². The normalized spacial score (nSPS) is 11.1. The number of alkyl halides is 1. The summed E-state index contributed by atoms with van der Waals surface area (Å²) in [5, 5.41) is 8.28. The maximum Gasteiger partial charge on any atom is 0.246 e. The van der Waals surface area contributed by atoms with Crippen molar-refractivity contribution in [2.75, 3.05) is 60.2 Å². The number of carbonyl (C=O) groups excluding carboxylic acids is 12. The van der Waals surface area contributed by atoms with Gasteiger partial charge in [0, 0.05) is 90.8 Å². The van der Waals surface area contributed by atoms with E-state index in [-0.39, 0.29) is 131 Å². The summed E-state index contributed by atoms with van der Waals surface area (Å²) >= 11 is 5.29. The number of ketones is 7. The van der Waals surface area contributed by atoms with Crippen LogP contribution in [0.25, 0.3) is 0 Å². The predicted molar refractivity (Wildman–Crippen MR) is 491 cm³/mol. The van der Waals surface area contributed by atoms with Gasteiger partial charge in [-0.15, -0.1) is 11.6 Å².